The van der Waals surface area contributed by atoms with Crippen LogP contribution < -0.4 is 4.90 Å². The monoisotopic (exact) mass is 738 g/mol. The van der Waals surface area contributed by atoms with Crippen LogP contribution in [0.15, 0.2) is 158 Å². The SMILES string of the molecule is CC1(C)c2ccccc2-c2c(N(c3ccccc3)c3nc(-c4ccc5sc6ccccc6c5c4)nc(-c4cccc5c4C(C)(C)c4ccccc4-5)n3)cccc21. The Hall–Kier alpha value is -6.43. The van der Waals surface area contributed by atoms with Crippen molar-refractivity contribution in [1.29, 1.82) is 0 Å². The molecule has 56 heavy (non-hydrogen) atoms. The van der Waals surface area contributed by atoms with Gasteiger partial charge in [0.05, 0.1) is 5.69 Å². The Morgan fingerprint density at radius 2 is 1.09 bits per heavy atom. The molecular weight excluding hydrogens is 701 g/mol. The van der Waals surface area contributed by atoms with E-state index >= 15 is 0 Å². The second-order valence-corrected chi connectivity index (χ2v) is 17.1. The van der Waals surface area contributed by atoms with Gasteiger partial charge < -0.3 is 0 Å². The molecule has 11 rings (SSSR count). The predicted octanol–water partition coefficient (Wildman–Crippen LogP) is 13.7. The van der Waals surface area contributed by atoms with Crippen molar-refractivity contribution in [3.8, 4) is 45.0 Å². The van der Waals surface area contributed by atoms with Crippen LogP contribution in [0.3, 0.4) is 0 Å². The van der Waals surface area contributed by atoms with Crippen LogP contribution in [0.2, 0.25) is 0 Å². The Bertz CT molecular complexity index is 3050. The highest BCUT2D eigenvalue weighted by molar-refractivity contribution is 7.25. The van der Waals surface area contributed by atoms with Gasteiger partial charge in [-0.05, 0) is 81.4 Å². The summed E-state index contributed by atoms with van der Waals surface area (Å²) in [5, 5.41) is 2.46. The molecule has 0 atom stereocenters. The van der Waals surface area contributed by atoms with Crippen LogP contribution in [0.1, 0.15) is 49.9 Å². The Kier molecular flexibility index (Phi) is 7.08. The largest absolute Gasteiger partial charge is 0.278 e. The van der Waals surface area contributed by atoms with Crippen LogP contribution in [0.25, 0.3) is 65.2 Å². The summed E-state index contributed by atoms with van der Waals surface area (Å²) >= 11 is 1.82. The first-order valence-corrected chi connectivity index (χ1v) is 20.1. The van der Waals surface area contributed by atoms with Crippen molar-refractivity contribution in [1.82, 2.24) is 15.0 Å². The fourth-order valence-electron chi connectivity index (χ4n) is 9.47. The maximum Gasteiger partial charge on any atom is 0.238 e. The third-order valence-electron chi connectivity index (χ3n) is 12.1. The predicted molar refractivity (Wildman–Crippen MR) is 233 cm³/mol. The van der Waals surface area contributed by atoms with E-state index in [4.69, 9.17) is 15.0 Å². The summed E-state index contributed by atoms with van der Waals surface area (Å²) in [6.07, 6.45) is 0. The average molecular weight is 739 g/mol. The molecule has 0 fully saturated rings. The van der Waals surface area contributed by atoms with Gasteiger partial charge in [0.1, 0.15) is 0 Å². The zero-order valence-corrected chi connectivity index (χ0v) is 32.5. The van der Waals surface area contributed by atoms with E-state index in [1.165, 1.54) is 64.7 Å². The van der Waals surface area contributed by atoms with Crippen molar-refractivity contribution >= 4 is 48.8 Å². The number of nitrogens with zero attached hydrogens (tertiary/aromatic N) is 4. The number of hydrogen-bond donors (Lipinski definition) is 0. The van der Waals surface area contributed by atoms with E-state index in [1.807, 2.05) is 11.3 Å². The Labute approximate surface area is 330 Å². The van der Waals surface area contributed by atoms with Crippen LogP contribution in [0.5, 0.6) is 0 Å². The van der Waals surface area contributed by atoms with E-state index in [9.17, 15) is 0 Å². The topological polar surface area (TPSA) is 41.9 Å². The zero-order chi connectivity index (χ0) is 37.8. The molecule has 0 saturated heterocycles. The van der Waals surface area contributed by atoms with Crippen molar-refractivity contribution in [2.75, 3.05) is 4.90 Å². The molecule has 7 aromatic carbocycles. The van der Waals surface area contributed by atoms with Gasteiger partial charge in [-0.1, -0.05) is 143 Å². The minimum Gasteiger partial charge on any atom is -0.278 e. The Balaban J connectivity index is 1.20. The number of fused-ring (bicyclic) bond motifs is 9. The molecule has 0 radical (unpaired) electrons. The lowest BCUT2D eigenvalue weighted by molar-refractivity contribution is 0.660. The average Bonchev–Trinajstić information content (AvgIpc) is 3.81. The third-order valence-corrected chi connectivity index (χ3v) is 13.3. The number of rotatable bonds is 5. The van der Waals surface area contributed by atoms with Gasteiger partial charge in [0.15, 0.2) is 11.6 Å². The fraction of sp³-hybridized carbons (Fsp3) is 0.118. The molecule has 0 unspecified atom stereocenters. The van der Waals surface area contributed by atoms with Gasteiger partial charge in [0, 0.05) is 53.4 Å². The number of hydrogen-bond acceptors (Lipinski definition) is 5. The fourth-order valence-corrected chi connectivity index (χ4v) is 10.6. The van der Waals surface area contributed by atoms with Crippen molar-refractivity contribution in [3.63, 3.8) is 0 Å². The molecule has 0 N–H and O–H groups in total. The summed E-state index contributed by atoms with van der Waals surface area (Å²) in [5.74, 6) is 1.88. The van der Waals surface area contributed by atoms with Gasteiger partial charge in [-0.15, -0.1) is 11.3 Å². The number of anilines is 3. The van der Waals surface area contributed by atoms with Crippen LogP contribution in [-0.2, 0) is 10.8 Å². The normalized spacial score (nSPS) is 14.4. The molecule has 5 heteroatoms. The van der Waals surface area contributed by atoms with Gasteiger partial charge in [-0.25, -0.2) is 4.98 Å². The summed E-state index contributed by atoms with van der Waals surface area (Å²) in [6, 6.07) is 56.7. The standard InChI is InChI=1S/C51H38N4S/c1-50(2)40-24-12-9-20-36(40)45-41(50)25-15-26-42(45)55(32-16-6-5-7-17-32)49-53-47(31-28-29-44-38(30-31)34-19-10-13-27-43(34)56-44)52-48(54-49)37-22-14-21-35-33-18-8-11-23-39(33)51(3,4)46(35)37/h5-30H,1-4H3. The van der Waals surface area contributed by atoms with Crippen molar-refractivity contribution in [2.45, 2.75) is 38.5 Å². The van der Waals surface area contributed by atoms with Crippen LogP contribution >= 0.6 is 11.3 Å². The lowest BCUT2D eigenvalue weighted by Crippen LogP contribution is -2.19. The van der Waals surface area contributed by atoms with Crippen LogP contribution in [0, 0.1) is 0 Å². The van der Waals surface area contributed by atoms with Gasteiger partial charge >= 0.3 is 0 Å². The number of thiophene rings is 1. The first-order valence-electron chi connectivity index (χ1n) is 19.3. The maximum absolute atomic E-state index is 5.51. The van der Waals surface area contributed by atoms with E-state index in [0.29, 0.717) is 17.6 Å². The molecule has 2 aromatic heterocycles. The number of aromatic nitrogens is 3. The molecule has 0 bridgehead atoms. The van der Waals surface area contributed by atoms with Gasteiger partial charge in [0.2, 0.25) is 5.95 Å². The molecule has 0 saturated carbocycles. The number of benzene rings is 7. The van der Waals surface area contributed by atoms with Crippen molar-refractivity contribution in [2.24, 2.45) is 0 Å². The molecule has 0 aliphatic heterocycles. The Morgan fingerprint density at radius 3 is 1.93 bits per heavy atom. The molecule has 0 amide bonds. The van der Waals surface area contributed by atoms with Crippen molar-refractivity contribution < 1.29 is 0 Å². The lowest BCUT2D eigenvalue weighted by atomic mass is 9.80. The highest BCUT2D eigenvalue weighted by atomic mass is 32.1. The first kappa shape index (κ1) is 33.0. The van der Waals surface area contributed by atoms with E-state index in [2.05, 4.69) is 190 Å². The summed E-state index contributed by atoms with van der Waals surface area (Å²) in [6.45, 7) is 9.30. The van der Waals surface area contributed by atoms with Crippen LogP contribution in [0.4, 0.5) is 17.3 Å². The maximum atomic E-state index is 5.51. The van der Waals surface area contributed by atoms with Gasteiger partial charge in [-0.3, -0.25) is 4.90 Å². The summed E-state index contributed by atoms with van der Waals surface area (Å²) in [5.41, 5.74) is 13.7. The van der Waals surface area contributed by atoms with Crippen LogP contribution in [-0.4, -0.2) is 15.0 Å². The quantitative estimate of drug-likeness (QED) is 0.176. The molecule has 9 aromatic rings. The van der Waals surface area contributed by atoms with Crippen molar-refractivity contribution in [3.05, 3.63) is 180 Å². The minimum absolute atomic E-state index is 0.163. The van der Waals surface area contributed by atoms with E-state index < -0.39 is 0 Å². The molecule has 268 valence electrons. The molecule has 2 aliphatic carbocycles. The zero-order valence-electron chi connectivity index (χ0n) is 31.7. The summed E-state index contributed by atoms with van der Waals surface area (Å²) in [4.78, 5) is 18.6. The van der Waals surface area contributed by atoms with E-state index in [1.54, 1.807) is 0 Å². The molecule has 2 heterocycles. The highest BCUT2D eigenvalue weighted by Gasteiger charge is 2.40. The first-order chi connectivity index (χ1) is 27.3. The molecule has 0 spiro atoms. The van der Waals surface area contributed by atoms with E-state index in [-0.39, 0.29) is 10.8 Å². The second kappa shape index (κ2) is 12.0. The molecular formula is C51H38N4S. The minimum atomic E-state index is -0.251. The second-order valence-electron chi connectivity index (χ2n) is 16.0. The van der Waals surface area contributed by atoms with E-state index in [0.717, 1.165) is 22.5 Å². The molecule has 4 nitrogen and oxygen atoms in total. The Morgan fingerprint density at radius 1 is 0.464 bits per heavy atom. The van der Waals surface area contributed by atoms with Gasteiger partial charge in [0.25, 0.3) is 0 Å². The molecule has 2 aliphatic rings. The number of para-hydroxylation sites is 1. The smallest absolute Gasteiger partial charge is 0.238 e. The highest BCUT2D eigenvalue weighted by Crippen LogP contribution is 2.55. The third kappa shape index (κ3) is 4.74. The summed E-state index contributed by atoms with van der Waals surface area (Å²) < 4.78 is 2.52. The summed E-state index contributed by atoms with van der Waals surface area (Å²) in [7, 11) is 0. The lowest BCUT2D eigenvalue weighted by Gasteiger charge is -2.28. The van der Waals surface area contributed by atoms with Gasteiger partial charge in [-0.2, -0.15) is 9.97 Å².